The van der Waals surface area contributed by atoms with Gasteiger partial charge in [0.05, 0.1) is 12.2 Å². The predicted molar refractivity (Wildman–Crippen MR) is 104 cm³/mol. The molecular weight excluding hydrogens is 330 g/mol. The molecule has 25 heavy (non-hydrogen) atoms. The van der Waals surface area contributed by atoms with E-state index in [1.165, 1.54) is 0 Å². The van der Waals surface area contributed by atoms with Crippen LogP contribution >= 0.6 is 11.3 Å². The van der Waals surface area contributed by atoms with Crippen LogP contribution in [0.4, 0.5) is 0 Å². The normalized spacial score (nSPS) is 11.3. The molecule has 0 amide bonds. The number of hydrogen-bond donors (Lipinski definition) is 2. The lowest BCUT2D eigenvalue weighted by atomic mass is 10.2. The summed E-state index contributed by atoms with van der Waals surface area (Å²) in [6, 6.07) is 16.2. The van der Waals surface area contributed by atoms with E-state index in [1.54, 1.807) is 18.4 Å². The van der Waals surface area contributed by atoms with Crippen molar-refractivity contribution in [3.63, 3.8) is 0 Å². The van der Waals surface area contributed by atoms with Crippen LogP contribution in [-0.4, -0.2) is 29.5 Å². The third-order valence-electron chi connectivity index (χ3n) is 3.65. The molecule has 2 aromatic heterocycles. The molecule has 2 N–H and O–H groups in total. The van der Waals surface area contributed by atoms with E-state index in [4.69, 9.17) is 0 Å². The van der Waals surface area contributed by atoms with E-state index in [-0.39, 0.29) is 0 Å². The average Bonchev–Trinajstić information content (AvgIpc) is 3.15. The summed E-state index contributed by atoms with van der Waals surface area (Å²) >= 11 is 1.65. The molecule has 0 unspecified atom stereocenters. The predicted octanol–water partition coefficient (Wildman–Crippen LogP) is 3.11. The number of thiazole rings is 1. The Labute approximate surface area is 151 Å². The van der Waals surface area contributed by atoms with E-state index in [0.717, 1.165) is 40.9 Å². The van der Waals surface area contributed by atoms with Crippen LogP contribution < -0.4 is 10.6 Å². The first-order valence-electron chi connectivity index (χ1n) is 8.19. The quantitative estimate of drug-likeness (QED) is 0.529. The number of guanidine groups is 1. The van der Waals surface area contributed by atoms with Crippen molar-refractivity contribution >= 4 is 17.3 Å². The molecule has 128 valence electrons. The molecule has 0 fully saturated rings. The van der Waals surface area contributed by atoms with Crippen molar-refractivity contribution in [1.29, 1.82) is 0 Å². The summed E-state index contributed by atoms with van der Waals surface area (Å²) in [6.07, 6.45) is 2.67. The second-order valence-corrected chi connectivity index (χ2v) is 6.36. The van der Waals surface area contributed by atoms with Crippen molar-refractivity contribution in [3.05, 3.63) is 70.8 Å². The van der Waals surface area contributed by atoms with Crippen molar-refractivity contribution in [2.24, 2.45) is 4.99 Å². The molecule has 0 spiro atoms. The zero-order chi connectivity index (χ0) is 17.3. The topological polar surface area (TPSA) is 62.2 Å². The summed E-state index contributed by atoms with van der Waals surface area (Å²) < 4.78 is 0. The summed E-state index contributed by atoms with van der Waals surface area (Å²) in [7, 11) is 1.77. The first kappa shape index (κ1) is 17.1. The van der Waals surface area contributed by atoms with Crippen molar-refractivity contribution < 1.29 is 0 Å². The summed E-state index contributed by atoms with van der Waals surface area (Å²) in [5, 5.41) is 9.73. The van der Waals surface area contributed by atoms with Gasteiger partial charge in [0.15, 0.2) is 5.96 Å². The molecule has 0 saturated heterocycles. The van der Waals surface area contributed by atoms with Gasteiger partial charge in [0.25, 0.3) is 0 Å². The number of aliphatic imine (C=N–C) groups is 1. The largest absolute Gasteiger partial charge is 0.356 e. The molecule has 0 radical (unpaired) electrons. The van der Waals surface area contributed by atoms with Gasteiger partial charge < -0.3 is 10.6 Å². The highest BCUT2D eigenvalue weighted by molar-refractivity contribution is 7.09. The van der Waals surface area contributed by atoms with Gasteiger partial charge in [-0.1, -0.05) is 36.4 Å². The minimum atomic E-state index is 0.654. The number of nitrogens with zero attached hydrogens (tertiary/aromatic N) is 3. The monoisotopic (exact) mass is 351 g/mol. The van der Waals surface area contributed by atoms with Crippen molar-refractivity contribution in [3.8, 4) is 11.3 Å². The van der Waals surface area contributed by atoms with E-state index in [1.807, 2.05) is 42.6 Å². The lowest BCUT2D eigenvalue weighted by Crippen LogP contribution is -2.37. The SMILES string of the molecule is CN=C(NCCc1ccccn1)NCc1nc(-c2ccccc2)cs1. The van der Waals surface area contributed by atoms with Gasteiger partial charge in [-0.05, 0) is 12.1 Å². The fourth-order valence-electron chi connectivity index (χ4n) is 2.37. The molecule has 0 aliphatic heterocycles. The standard InChI is InChI=1S/C19H21N5S/c1-20-19(22-12-10-16-9-5-6-11-21-16)23-13-18-24-17(14-25-18)15-7-3-2-4-8-15/h2-9,11,14H,10,12-13H2,1H3,(H2,20,22,23). The van der Waals surface area contributed by atoms with E-state index in [9.17, 15) is 0 Å². The smallest absolute Gasteiger partial charge is 0.191 e. The Morgan fingerprint density at radius 1 is 1.08 bits per heavy atom. The van der Waals surface area contributed by atoms with Gasteiger partial charge >= 0.3 is 0 Å². The molecular formula is C19H21N5S. The highest BCUT2D eigenvalue weighted by Crippen LogP contribution is 2.21. The lowest BCUT2D eigenvalue weighted by molar-refractivity contribution is 0.782. The fraction of sp³-hybridized carbons (Fsp3) is 0.211. The zero-order valence-corrected chi connectivity index (χ0v) is 15.0. The number of aromatic nitrogens is 2. The molecule has 1 aromatic carbocycles. The van der Waals surface area contributed by atoms with Gasteiger partial charge in [-0.15, -0.1) is 11.3 Å². The highest BCUT2D eigenvalue weighted by Gasteiger charge is 2.05. The van der Waals surface area contributed by atoms with E-state index < -0.39 is 0 Å². The molecule has 0 bridgehead atoms. The zero-order valence-electron chi connectivity index (χ0n) is 14.1. The van der Waals surface area contributed by atoms with Gasteiger partial charge in [-0.3, -0.25) is 9.98 Å². The Morgan fingerprint density at radius 2 is 1.92 bits per heavy atom. The van der Waals surface area contributed by atoms with Gasteiger partial charge in [-0.2, -0.15) is 0 Å². The molecule has 6 heteroatoms. The van der Waals surface area contributed by atoms with Crippen molar-refractivity contribution in [2.45, 2.75) is 13.0 Å². The van der Waals surface area contributed by atoms with Crippen molar-refractivity contribution in [1.82, 2.24) is 20.6 Å². The lowest BCUT2D eigenvalue weighted by Gasteiger charge is -2.10. The van der Waals surface area contributed by atoms with Crippen LogP contribution in [0.3, 0.4) is 0 Å². The Hall–Kier alpha value is -2.73. The van der Waals surface area contributed by atoms with Gasteiger partial charge in [-0.25, -0.2) is 4.98 Å². The van der Waals surface area contributed by atoms with Crippen LogP contribution in [0.1, 0.15) is 10.7 Å². The number of rotatable bonds is 6. The van der Waals surface area contributed by atoms with Crippen LogP contribution in [0.15, 0.2) is 65.1 Å². The van der Waals surface area contributed by atoms with Crippen LogP contribution in [0.25, 0.3) is 11.3 Å². The second-order valence-electron chi connectivity index (χ2n) is 5.42. The van der Waals surface area contributed by atoms with E-state index in [0.29, 0.717) is 6.54 Å². The third kappa shape index (κ3) is 5.12. The molecule has 2 heterocycles. The van der Waals surface area contributed by atoms with Gasteiger partial charge in [0, 0.05) is 42.8 Å². The van der Waals surface area contributed by atoms with E-state index >= 15 is 0 Å². The summed E-state index contributed by atoms with van der Waals surface area (Å²) in [4.78, 5) is 13.2. The summed E-state index contributed by atoms with van der Waals surface area (Å²) in [5.74, 6) is 0.771. The van der Waals surface area contributed by atoms with E-state index in [2.05, 4.69) is 43.1 Å². The number of pyridine rings is 1. The van der Waals surface area contributed by atoms with Crippen LogP contribution in [0, 0.1) is 0 Å². The van der Waals surface area contributed by atoms with Crippen LogP contribution in [0.2, 0.25) is 0 Å². The molecule has 0 saturated carbocycles. The average molecular weight is 351 g/mol. The minimum absolute atomic E-state index is 0.654. The van der Waals surface area contributed by atoms with Gasteiger partial charge in [0.2, 0.25) is 0 Å². The number of hydrogen-bond acceptors (Lipinski definition) is 4. The maximum absolute atomic E-state index is 4.68. The Kier molecular flexibility index (Phi) is 6.11. The number of nitrogens with one attached hydrogen (secondary N) is 2. The summed E-state index contributed by atoms with van der Waals surface area (Å²) in [5.41, 5.74) is 3.22. The van der Waals surface area contributed by atoms with Crippen LogP contribution in [-0.2, 0) is 13.0 Å². The molecule has 0 aliphatic rings. The van der Waals surface area contributed by atoms with Crippen LogP contribution in [0.5, 0.6) is 0 Å². The molecule has 0 atom stereocenters. The second kappa shape index (κ2) is 8.94. The number of benzene rings is 1. The fourth-order valence-corrected chi connectivity index (χ4v) is 3.11. The maximum Gasteiger partial charge on any atom is 0.191 e. The molecule has 3 aromatic rings. The Balaban J connectivity index is 1.47. The van der Waals surface area contributed by atoms with Gasteiger partial charge in [0.1, 0.15) is 5.01 Å². The minimum Gasteiger partial charge on any atom is -0.356 e. The molecule has 0 aliphatic carbocycles. The third-order valence-corrected chi connectivity index (χ3v) is 4.50. The first-order chi connectivity index (χ1) is 12.3. The molecule has 5 nitrogen and oxygen atoms in total. The first-order valence-corrected chi connectivity index (χ1v) is 9.07. The summed E-state index contributed by atoms with van der Waals surface area (Å²) in [6.45, 7) is 1.44. The Bertz CT molecular complexity index is 799. The van der Waals surface area contributed by atoms with Crippen molar-refractivity contribution in [2.75, 3.05) is 13.6 Å². The molecule has 3 rings (SSSR count). The Morgan fingerprint density at radius 3 is 2.68 bits per heavy atom. The maximum atomic E-state index is 4.68. The highest BCUT2D eigenvalue weighted by atomic mass is 32.1.